The molecule has 140 valence electrons. The van der Waals surface area contributed by atoms with Gasteiger partial charge in [0, 0.05) is 0 Å². The van der Waals surface area contributed by atoms with Crippen LogP contribution >= 0.6 is 0 Å². The molecule has 3 fully saturated rings. The summed E-state index contributed by atoms with van der Waals surface area (Å²) in [5.74, 6) is 0.464. The van der Waals surface area contributed by atoms with E-state index in [0.717, 1.165) is 43.4 Å². The van der Waals surface area contributed by atoms with Gasteiger partial charge < -0.3 is 10.1 Å². The highest BCUT2D eigenvalue weighted by Gasteiger charge is 2.52. The minimum Gasteiger partial charge on any atom is -0.461 e. The molecule has 1 N–H and O–H groups in total. The molecule has 1 aliphatic heterocycles. The van der Waals surface area contributed by atoms with Crippen LogP contribution in [-0.2, 0) is 14.3 Å². The number of ether oxygens (including phenoxy) is 1. The fraction of sp³-hybridized carbons (Fsp3) is 0.842. The van der Waals surface area contributed by atoms with Gasteiger partial charge in [0.1, 0.15) is 18.2 Å². The Morgan fingerprint density at radius 1 is 1.24 bits per heavy atom. The van der Waals surface area contributed by atoms with E-state index in [1.807, 2.05) is 0 Å². The summed E-state index contributed by atoms with van der Waals surface area (Å²) < 4.78 is 5.52. The lowest BCUT2D eigenvalue weighted by molar-refractivity contribution is -0.154. The minimum atomic E-state index is -0.789. The van der Waals surface area contributed by atoms with Gasteiger partial charge in [-0.1, -0.05) is 26.7 Å². The summed E-state index contributed by atoms with van der Waals surface area (Å²) in [6.45, 7) is 4.05. The van der Waals surface area contributed by atoms with E-state index in [-0.39, 0.29) is 18.6 Å². The quantitative estimate of drug-likeness (QED) is 0.625. The highest BCUT2D eigenvalue weighted by atomic mass is 16.5. The number of carbonyl (C=O) groups excluding carboxylic acids is 3. The maximum Gasteiger partial charge on any atom is 0.326 e. The van der Waals surface area contributed by atoms with Gasteiger partial charge in [-0.2, -0.15) is 0 Å². The van der Waals surface area contributed by atoms with Crippen LogP contribution < -0.4 is 5.32 Å². The summed E-state index contributed by atoms with van der Waals surface area (Å²) in [6, 6.07) is -0.450. The van der Waals surface area contributed by atoms with Crippen molar-refractivity contribution >= 4 is 17.9 Å². The van der Waals surface area contributed by atoms with Gasteiger partial charge in [-0.15, -0.1) is 0 Å². The molecule has 0 radical (unpaired) electrons. The lowest BCUT2D eigenvalue weighted by Gasteiger charge is -2.34. The Balaban J connectivity index is 1.56. The second-order valence-corrected chi connectivity index (χ2v) is 8.14. The van der Waals surface area contributed by atoms with Crippen LogP contribution in [0.5, 0.6) is 0 Å². The fourth-order valence-electron chi connectivity index (χ4n) is 4.58. The molecule has 2 atom stereocenters. The number of rotatable bonds is 4. The molecule has 3 amide bonds. The second-order valence-electron chi connectivity index (χ2n) is 8.14. The van der Waals surface area contributed by atoms with Crippen molar-refractivity contribution in [1.29, 1.82) is 0 Å². The molecule has 3 aliphatic rings. The van der Waals surface area contributed by atoms with Gasteiger partial charge in [0.15, 0.2) is 0 Å². The highest BCUT2D eigenvalue weighted by molar-refractivity contribution is 6.08. The van der Waals surface area contributed by atoms with Gasteiger partial charge >= 0.3 is 12.0 Å². The molecule has 25 heavy (non-hydrogen) atoms. The lowest BCUT2D eigenvalue weighted by Crippen LogP contribution is -2.49. The van der Waals surface area contributed by atoms with E-state index < -0.39 is 17.5 Å². The maximum absolute atomic E-state index is 12.8. The van der Waals surface area contributed by atoms with E-state index >= 15 is 0 Å². The number of nitrogens with one attached hydrogen (secondary N) is 1. The van der Waals surface area contributed by atoms with Gasteiger partial charge in [0.05, 0.1) is 0 Å². The Bertz CT molecular complexity index is 540. The molecule has 6 nitrogen and oxygen atoms in total. The monoisotopic (exact) mass is 350 g/mol. The van der Waals surface area contributed by atoms with Gasteiger partial charge in [-0.05, 0) is 56.8 Å². The molecular weight excluding hydrogens is 320 g/mol. The molecule has 2 saturated carbocycles. The topological polar surface area (TPSA) is 75.7 Å². The van der Waals surface area contributed by atoms with Crippen molar-refractivity contribution in [3.05, 3.63) is 0 Å². The summed E-state index contributed by atoms with van der Waals surface area (Å²) in [4.78, 5) is 38.4. The van der Waals surface area contributed by atoms with Crippen LogP contribution in [0.4, 0.5) is 4.79 Å². The average Bonchev–Trinajstić information content (AvgIpc) is 2.80. The van der Waals surface area contributed by atoms with E-state index in [9.17, 15) is 14.4 Å². The Hall–Kier alpha value is -1.59. The number of urea groups is 1. The third kappa shape index (κ3) is 3.82. The van der Waals surface area contributed by atoms with Crippen LogP contribution in [0.15, 0.2) is 0 Å². The number of imide groups is 1. The largest absolute Gasteiger partial charge is 0.461 e. The van der Waals surface area contributed by atoms with Crippen LogP contribution in [0.1, 0.15) is 71.6 Å². The molecule has 6 heteroatoms. The molecular formula is C19H30N2O4. The van der Waals surface area contributed by atoms with E-state index in [2.05, 4.69) is 19.2 Å². The Morgan fingerprint density at radius 3 is 2.60 bits per heavy atom. The first-order chi connectivity index (χ1) is 11.9. The SMILES string of the molecule is CCC1CCC2(CC1)NC(=O)N(CC(=O)OC1CCCC(C)C1)C2=O. The number of esters is 1. The van der Waals surface area contributed by atoms with Crippen molar-refractivity contribution in [2.45, 2.75) is 83.3 Å². The minimum absolute atomic E-state index is 0.0778. The second kappa shape index (κ2) is 7.34. The van der Waals surface area contributed by atoms with Crippen molar-refractivity contribution in [2.24, 2.45) is 11.8 Å². The van der Waals surface area contributed by atoms with Crippen LogP contribution in [0.2, 0.25) is 0 Å². The third-order valence-corrected chi connectivity index (χ3v) is 6.26. The zero-order chi connectivity index (χ0) is 18.0. The molecule has 1 spiro atoms. The van der Waals surface area contributed by atoms with E-state index in [1.54, 1.807) is 0 Å². The number of amides is 3. The Morgan fingerprint density at radius 2 is 1.96 bits per heavy atom. The fourth-order valence-corrected chi connectivity index (χ4v) is 4.58. The van der Waals surface area contributed by atoms with Crippen molar-refractivity contribution in [3.63, 3.8) is 0 Å². The predicted octanol–water partition coefficient (Wildman–Crippen LogP) is 3.00. The van der Waals surface area contributed by atoms with Gasteiger partial charge in [-0.25, -0.2) is 4.79 Å². The molecule has 2 aliphatic carbocycles. The first kappa shape index (κ1) is 18.2. The summed E-state index contributed by atoms with van der Waals surface area (Å²) in [7, 11) is 0. The summed E-state index contributed by atoms with van der Waals surface area (Å²) >= 11 is 0. The molecule has 2 unspecified atom stereocenters. The number of carbonyl (C=O) groups is 3. The Labute approximate surface area is 149 Å². The van der Waals surface area contributed by atoms with Gasteiger partial charge in [0.25, 0.3) is 5.91 Å². The predicted molar refractivity (Wildman–Crippen MR) is 92.7 cm³/mol. The Kier molecular flexibility index (Phi) is 5.35. The lowest BCUT2D eigenvalue weighted by atomic mass is 9.75. The summed E-state index contributed by atoms with van der Waals surface area (Å²) in [5, 5.41) is 2.86. The molecule has 1 heterocycles. The van der Waals surface area contributed by atoms with Crippen LogP contribution in [0, 0.1) is 11.8 Å². The molecule has 0 bridgehead atoms. The smallest absolute Gasteiger partial charge is 0.326 e. The van der Waals surface area contributed by atoms with Crippen molar-refractivity contribution in [3.8, 4) is 0 Å². The van der Waals surface area contributed by atoms with Gasteiger partial charge in [0.2, 0.25) is 0 Å². The van der Waals surface area contributed by atoms with E-state index in [1.165, 1.54) is 6.42 Å². The molecule has 0 aromatic rings. The molecule has 1 saturated heterocycles. The zero-order valence-corrected chi connectivity index (χ0v) is 15.4. The van der Waals surface area contributed by atoms with E-state index in [0.29, 0.717) is 24.7 Å². The molecule has 0 aromatic heterocycles. The standard InChI is InChI=1S/C19H30N2O4/c1-3-14-7-9-19(10-8-14)17(23)21(18(24)20-19)12-16(22)25-15-6-4-5-13(2)11-15/h13-15H,3-12H2,1-2H3,(H,20,24). The maximum atomic E-state index is 12.8. The first-order valence-electron chi connectivity index (χ1n) is 9.77. The number of nitrogens with zero attached hydrogens (tertiary/aromatic N) is 1. The van der Waals surface area contributed by atoms with Gasteiger partial charge in [-0.3, -0.25) is 14.5 Å². The van der Waals surface area contributed by atoms with Crippen LogP contribution in [0.25, 0.3) is 0 Å². The first-order valence-corrected chi connectivity index (χ1v) is 9.77. The normalized spacial score (nSPS) is 35.8. The summed E-state index contributed by atoms with van der Waals surface area (Å²) in [6.07, 6.45) is 8.23. The average molecular weight is 350 g/mol. The van der Waals surface area contributed by atoms with Crippen LogP contribution in [0.3, 0.4) is 0 Å². The van der Waals surface area contributed by atoms with E-state index in [4.69, 9.17) is 4.74 Å². The number of hydrogen-bond acceptors (Lipinski definition) is 4. The molecule has 3 rings (SSSR count). The summed E-state index contributed by atoms with van der Waals surface area (Å²) in [5.41, 5.74) is -0.789. The number of hydrogen-bond donors (Lipinski definition) is 1. The van der Waals surface area contributed by atoms with Crippen molar-refractivity contribution in [2.75, 3.05) is 6.54 Å². The van der Waals surface area contributed by atoms with Crippen LogP contribution in [-0.4, -0.2) is 41.0 Å². The molecule has 0 aromatic carbocycles. The zero-order valence-electron chi connectivity index (χ0n) is 15.4. The van der Waals surface area contributed by atoms with Crippen molar-refractivity contribution < 1.29 is 19.1 Å². The van der Waals surface area contributed by atoms with Crippen molar-refractivity contribution in [1.82, 2.24) is 10.2 Å². The third-order valence-electron chi connectivity index (χ3n) is 6.26. The highest BCUT2D eigenvalue weighted by Crippen LogP contribution is 2.37.